The Balaban J connectivity index is 2.24. The summed E-state index contributed by atoms with van der Waals surface area (Å²) in [5.74, 6) is 2.76. The molecule has 1 fully saturated rings. The van der Waals surface area contributed by atoms with Gasteiger partial charge in [0.25, 0.3) is 0 Å². The molecule has 0 bridgehead atoms. The summed E-state index contributed by atoms with van der Waals surface area (Å²) in [6.07, 6.45) is 0.854. The Morgan fingerprint density at radius 1 is 1.38 bits per heavy atom. The van der Waals surface area contributed by atoms with Gasteiger partial charge in [0.05, 0.1) is 13.2 Å². The monoisotopic (exact) mass is 222 g/mol. The van der Waals surface area contributed by atoms with E-state index in [0.29, 0.717) is 0 Å². The topological polar surface area (TPSA) is 50.3 Å². The molecule has 5 nitrogen and oxygen atoms in total. The second-order valence-electron chi connectivity index (χ2n) is 3.73. The van der Waals surface area contributed by atoms with E-state index >= 15 is 0 Å². The van der Waals surface area contributed by atoms with E-state index in [1.54, 1.807) is 0 Å². The van der Waals surface area contributed by atoms with Crippen molar-refractivity contribution in [2.75, 3.05) is 43.6 Å². The number of nitrogens with one attached hydrogen (secondary N) is 1. The van der Waals surface area contributed by atoms with Crippen LogP contribution in [0.2, 0.25) is 0 Å². The number of aryl methyl sites for hydroxylation is 1. The number of aromatic nitrogens is 2. The van der Waals surface area contributed by atoms with Crippen molar-refractivity contribution in [1.82, 2.24) is 9.97 Å². The van der Waals surface area contributed by atoms with Gasteiger partial charge in [-0.15, -0.1) is 0 Å². The van der Waals surface area contributed by atoms with E-state index in [-0.39, 0.29) is 0 Å². The average molecular weight is 222 g/mol. The van der Waals surface area contributed by atoms with Crippen molar-refractivity contribution in [3.63, 3.8) is 0 Å². The number of hydrogen-bond donors (Lipinski definition) is 1. The molecule has 1 aliphatic rings. The van der Waals surface area contributed by atoms with Crippen molar-refractivity contribution in [2.24, 2.45) is 0 Å². The fourth-order valence-electron chi connectivity index (χ4n) is 1.72. The van der Waals surface area contributed by atoms with E-state index < -0.39 is 0 Å². The van der Waals surface area contributed by atoms with Crippen LogP contribution in [0, 0.1) is 0 Å². The molecule has 0 atom stereocenters. The van der Waals surface area contributed by atoms with Gasteiger partial charge in [-0.05, 0) is 0 Å². The normalized spacial score (nSPS) is 16.2. The maximum Gasteiger partial charge on any atom is 0.134 e. The van der Waals surface area contributed by atoms with Crippen molar-refractivity contribution in [3.05, 3.63) is 11.9 Å². The van der Waals surface area contributed by atoms with Crippen LogP contribution in [-0.2, 0) is 11.2 Å². The first-order chi connectivity index (χ1) is 7.83. The summed E-state index contributed by atoms with van der Waals surface area (Å²) in [4.78, 5) is 11.2. The Morgan fingerprint density at radius 3 is 2.75 bits per heavy atom. The van der Waals surface area contributed by atoms with E-state index in [9.17, 15) is 0 Å². The second kappa shape index (κ2) is 5.12. The zero-order chi connectivity index (χ0) is 11.4. The molecule has 0 amide bonds. The summed E-state index contributed by atoms with van der Waals surface area (Å²) < 4.78 is 5.33. The number of nitrogens with zero attached hydrogens (tertiary/aromatic N) is 3. The third kappa shape index (κ3) is 2.41. The minimum absolute atomic E-state index is 0.778. The van der Waals surface area contributed by atoms with E-state index in [4.69, 9.17) is 4.74 Å². The van der Waals surface area contributed by atoms with Crippen LogP contribution in [0.1, 0.15) is 12.7 Å². The quantitative estimate of drug-likeness (QED) is 0.824. The van der Waals surface area contributed by atoms with Crippen LogP contribution in [0.15, 0.2) is 6.07 Å². The summed E-state index contributed by atoms with van der Waals surface area (Å²) >= 11 is 0. The SMILES string of the molecule is CCc1nc(NC)cc(N2CCOCC2)n1. The zero-order valence-corrected chi connectivity index (χ0v) is 9.86. The molecule has 2 rings (SSSR count). The summed E-state index contributed by atoms with van der Waals surface area (Å²) in [6, 6.07) is 1.99. The second-order valence-corrected chi connectivity index (χ2v) is 3.73. The summed E-state index contributed by atoms with van der Waals surface area (Å²) in [7, 11) is 1.88. The molecule has 2 heterocycles. The van der Waals surface area contributed by atoms with Crippen molar-refractivity contribution >= 4 is 11.6 Å². The number of rotatable bonds is 3. The maximum absolute atomic E-state index is 5.33. The fourth-order valence-corrected chi connectivity index (χ4v) is 1.72. The van der Waals surface area contributed by atoms with E-state index in [1.165, 1.54) is 0 Å². The van der Waals surface area contributed by atoms with Crippen LogP contribution in [0.5, 0.6) is 0 Å². The molecule has 0 spiro atoms. The summed E-state index contributed by atoms with van der Waals surface area (Å²) in [5.41, 5.74) is 0. The predicted octanol–water partition coefficient (Wildman–Crippen LogP) is 0.917. The molecule has 16 heavy (non-hydrogen) atoms. The molecule has 1 aliphatic heterocycles. The Bertz CT molecular complexity index is 328. The van der Waals surface area contributed by atoms with Gasteiger partial charge < -0.3 is 15.0 Å². The number of hydrogen-bond acceptors (Lipinski definition) is 5. The summed E-state index contributed by atoms with van der Waals surface area (Å²) in [5, 5.41) is 3.07. The highest BCUT2D eigenvalue weighted by Crippen LogP contribution is 2.17. The highest BCUT2D eigenvalue weighted by molar-refractivity contribution is 5.49. The van der Waals surface area contributed by atoms with Crippen molar-refractivity contribution in [1.29, 1.82) is 0 Å². The largest absolute Gasteiger partial charge is 0.378 e. The standard InChI is InChI=1S/C11H18N4O/c1-3-9-13-10(12-2)8-11(14-9)15-4-6-16-7-5-15/h8H,3-7H2,1-2H3,(H,12,13,14). The van der Waals surface area contributed by atoms with Gasteiger partial charge in [-0.3, -0.25) is 0 Å². The maximum atomic E-state index is 5.33. The van der Waals surface area contributed by atoms with Crippen LogP contribution in [-0.4, -0.2) is 43.3 Å². The fraction of sp³-hybridized carbons (Fsp3) is 0.636. The number of ether oxygens (including phenoxy) is 1. The molecular formula is C11H18N4O. The number of morpholine rings is 1. The van der Waals surface area contributed by atoms with Crippen LogP contribution in [0.3, 0.4) is 0 Å². The molecule has 1 saturated heterocycles. The predicted molar refractivity (Wildman–Crippen MR) is 64.0 cm³/mol. The highest BCUT2D eigenvalue weighted by atomic mass is 16.5. The average Bonchev–Trinajstić information content (AvgIpc) is 2.39. The smallest absolute Gasteiger partial charge is 0.134 e. The van der Waals surface area contributed by atoms with E-state index in [1.807, 2.05) is 13.1 Å². The number of anilines is 2. The molecule has 88 valence electrons. The third-order valence-electron chi connectivity index (χ3n) is 2.67. The zero-order valence-electron chi connectivity index (χ0n) is 9.86. The van der Waals surface area contributed by atoms with Crippen LogP contribution >= 0.6 is 0 Å². The van der Waals surface area contributed by atoms with Crippen LogP contribution < -0.4 is 10.2 Å². The lowest BCUT2D eigenvalue weighted by atomic mass is 10.3. The molecule has 1 aromatic rings. The first-order valence-electron chi connectivity index (χ1n) is 5.72. The highest BCUT2D eigenvalue weighted by Gasteiger charge is 2.14. The van der Waals surface area contributed by atoms with Gasteiger partial charge in [-0.2, -0.15) is 0 Å². The van der Waals surface area contributed by atoms with Gasteiger partial charge in [-0.25, -0.2) is 9.97 Å². The molecule has 0 saturated carbocycles. The Morgan fingerprint density at radius 2 is 2.12 bits per heavy atom. The van der Waals surface area contributed by atoms with Crippen LogP contribution in [0.4, 0.5) is 11.6 Å². The van der Waals surface area contributed by atoms with E-state index in [0.717, 1.165) is 50.2 Å². The summed E-state index contributed by atoms with van der Waals surface area (Å²) in [6.45, 7) is 5.44. The van der Waals surface area contributed by atoms with Gasteiger partial charge in [0.2, 0.25) is 0 Å². The minimum atomic E-state index is 0.778. The Labute approximate surface area is 95.8 Å². The van der Waals surface area contributed by atoms with Crippen molar-refractivity contribution in [3.8, 4) is 0 Å². The molecule has 1 N–H and O–H groups in total. The lowest BCUT2D eigenvalue weighted by molar-refractivity contribution is 0.122. The van der Waals surface area contributed by atoms with Crippen molar-refractivity contribution in [2.45, 2.75) is 13.3 Å². The lowest BCUT2D eigenvalue weighted by Crippen LogP contribution is -2.37. The first-order valence-corrected chi connectivity index (χ1v) is 5.72. The lowest BCUT2D eigenvalue weighted by Gasteiger charge is -2.28. The minimum Gasteiger partial charge on any atom is -0.378 e. The molecular weight excluding hydrogens is 204 g/mol. The Kier molecular flexibility index (Phi) is 3.56. The molecule has 0 unspecified atom stereocenters. The van der Waals surface area contributed by atoms with Gasteiger partial charge in [-0.1, -0.05) is 6.92 Å². The van der Waals surface area contributed by atoms with Gasteiger partial charge in [0.1, 0.15) is 17.5 Å². The molecule has 0 radical (unpaired) electrons. The van der Waals surface area contributed by atoms with Gasteiger partial charge >= 0.3 is 0 Å². The first kappa shape index (κ1) is 11.1. The Hall–Kier alpha value is -1.36. The molecule has 0 aromatic carbocycles. The van der Waals surface area contributed by atoms with E-state index in [2.05, 4.69) is 27.1 Å². The van der Waals surface area contributed by atoms with Gasteiger partial charge in [0, 0.05) is 32.6 Å². The van der Waals surface area contributed by atoms with Crippen molar-refractivity contribution < 1.29 is 4.74 Å². The molecule has 0 aliphatic carbocycles. The van der Waals surface area contributed by atoms with Gasteiger partial charge in [0.15, 0.2) is 0 Å². The third-order valence-corrected chi connectivity index (χ3v) is 2.67. The van der Waals surface area contributed by atoms with Crippen LogP contribution in [0.25, 0.3) is 0 Å². The molecule has 5 heteroatoms. The molecule has 1 aromatic heterocycles.